The van der Waals surface area contributed by atoms with Gasteiger partial charge in [-0.1, -0.05) is 0 Å². The standard InChI is InChI=1S/C9H19FN2/c1-12(7-3-5-10)8-9-4-2-6-11-9/h9,11H,2-8H2,1H3. The van der Waals surface area contributed by atoms with Crippen molar-refractivity contribution in [3.05, 3.63) is 0 Å². The average Bonchev–Trinajstić information content (AvgIpc) is 2.53. The van der Waals surface area contributed by atoms with Crippen molar-refractivity contribution in [3.8, 4) is 0 Å². The molecular weight excluding hydrogens is 155 g/mol. The minimum absolute atomic E-state index is 0.192. The third kappa shape index (κ3) is 3.50. The van der Waals surface area contributed by atoms with Gasteiger partial charge in [-0.2, -0.15) is 0 Å². The van der Waals surface area contributed by atoms with Crippen molar-refractivity contribution in [1.29, 1.82) is 0 Å². The molecule has 1 rings (SSSR count). The third-order valence-corrected chi connectivity index (χ3v) is 2.37. The molecule has 1 saturated heterocycles. The largest absolute Gasteiger partial charge is 0.313 e. The van der Waals surface area contributed by atoms with Crippen molar-refractivity contribution in [1.82, 2.24) is 10.2 Å². The smallest absolute Gasteiger partial charge is 0.0906 e. The van der Waals surface area contributed by atoms with Gasteiger partial charge in [0, 0.05) is 19.1 Å². The summed E-state index contributed by atoms with van der Waals surface area (Å²) >= 11 is 0. The molecule has 1 N–H and O–H groups in total. The zero-order valence-corrected chi connectivity index (χ0v) is 7.85. The maximum atomic E-state index is 11.8. The van der Waals surface area contributed by atoms with Gasteiger partial charge in [-0.15, -0.1) is 0 Å². The van der Waals surface area contributed by atoms with Crippen LogP contribution in [0.4, 0.5) is 4.39 Å². The van der Waals surface area contributed by atoms with Gasteiger partial charge in [0.1, 0.15) is 0 Å². The second kappa shape index (κ2) is 5.49. The lowest BCUT2D eigenvalue weighted by atomic mass is 10.2. The molecule has 0 saturated carbocycles. The summed E-state index contributed by atoms with van der Waals surface area (Å²) in [7, 11) is 2.07. The van der Waals surface area contributed by atoms with Crippen LogP contribution in [-0.2, 0) is 0 Å². The fourth-order valence-corrected chi connectivity index (χ4v) is 1.71. The molecule has 0 bridgehead atoms. The van der Waals surface area contributed by atoms with E-state index in [1.807, 2.05) is 0 Å². The number of rotatable bonds is 5. The monoisotopic (exact) mass is 174 g/mol. The van der Waals surface area contributed by atoms with E-state index in [1.54, 1.807) is 0 Å². The molecule has 1 aliphatic heterocycles. The fraction of sp³-hybridized carbons (Fsp3) is 1.00. The van der Waals surface area contributed by atoms with E-state index in [4.69, 9.17) is 0 Å². The van der Waals surface area contributed by atoms with Gasteiger partial charge in [-0.05, 0) is 32.9 Å². The average molecular weight is 174 g/mol. The quantitative estimate of drug-likeness (QED) is 0.669. The number of nitrogens with zero attached hydrogens (tertiary/aromatic N) is 1. The van der Waals surface area contributed by atoms with Crippen LogP contribution < -0.4 is 5.32 Å². The predicted molar refractivity (Wildman–Crippen MR) is 49.1 cm³/mol. The molecule has 1 unspecified atom stereocenters. The van der Waals surface area contributed by atoms with Crippen LogP contribution in [0.1, 0.15) is 19.3 Å². The van der Waals surface area contributed by atoms with Gasteiger partial charge in [0.2, 0.25) is 0 Å². The van der Waals surface area contributed by atoms with Crippen molar-refractivity contribution < 1.29 is 4.39 Å². The van der Waals surface area contributed by atoms with Gasteiger partial charge in [0.25, 0.3) is 0 Å². The first-order valence-electron chi connectivity index (χ1n) is 4.81. The fourth-order valence-electron chi connectivity index (χ4n) is 1.71. The summed E-state index contributed by atoms with van der Waals surface area (Å²) in [5, 5.41) is 3.43. The molecule has 0 radical (unpaired) electrons. The molecular formula is C9H19FN2. The summed E-state index contributed by atoms with van der Waals surface area (Å²) in [5.41, 5.74) is 0. The Labute approximate surface area is 74.1 Å². The van der Waals surface area contributed by atoms with Gasteiger partial charge >= 0.3 is 0 Å². The molecule has 1 heterocycles. The second-order valence-electron chi connectivity index (χ2n) is 3.60. The molecule has 2 nitrogen and oxygen atoms in total. The van der Waals surface area contributed by atoms with Crippen LogP contribution in [0.15, 0.2) is 0 Å². The maximum absolute atomic E-state index is 11.8. The van der Waals surface area contributed by atoms with Gasteiger partial charge in [-0.3, -0.25) is 4.39 Å². The first kappa shape index (κ1) is 9.93. The highest BCUT2D eigenvalue weighted by molar-refractivity contribution is 4.76. The first-order valence-corrected chi connectivity index (χ1v) is 4.81. The minimum Gasteiger partial charge on any atom is -0.313 e. The van der Waals surface area contributed by atoms with E-state index in [-0.39, 0.29) is 6.67 Å². The topological polar surface area (TPSA) is 15.3 Å². The predicted octanol–water partition coefficient (Wildman–Crippen LogP) is 1.03. The van der Waals surface area contributed by atoms with Crippen molar-refractivity contribution in [2.75, 3.05) is 33.4 Å². The van der Waals surface area contributed by atoms with Crippen molar-refractivity contribution in [2.45, 2.75) is 25.3 Å². The van der Waals surface area contributed by atoms with Crippen LogP contribution in [0.5, 0.6) is 0 Å². The Balaban J connectivity index is 2.03. The molecule has 1 aliphatic rings. The number of hydrogen-bond donors (Lipinski definition) is 1. The summed E-state index contributed by atoms with van der Waals surface area (Å²) in [6.45, 7) is 2.92. The maximum Gasteiger partial charge on any atom is 0.0906 e. The van der Waals surface area contributed by atoms with Crippen LogP contribution in [0, 0.1) is 0 Å². The third-order valence-electron chi connectivity index (χ3n) is 2.37. The molecule has 12 heavy (non-hydrogen) atoms. The molecule has 0 aromatic rings. The van der Waals surface area contributed by atoms with E-state index < -0.39 is 0 Å². The number of likely N-dealkylation sites (N-methyl/N-ethyl adjacent to an activating group) is 1. The summed E-state index contributed by atoms with van der Waals surface area (Å²) in [6.07, 6.45) is 3.24. The minimum atomic E-state index is -0.192. The Bertz CT molecular complexity index is 113. The lowest BCUT2D eigenvalue weighted by Crippen LogP contribution is -2.35. The van der Waals surface area contributed by atoms with Gasteiger partial charge in [0.15, 0.2) is 0 Å². The molecule has 0 aromatic heterocycles. The lowest BCUT2D eigenvalue weighted by molar-refractivity contribution is 0.283. The molecule has 1 atom stereocenters. The molecule has 0 aromatic carbocycles. The zero-order chi connectivity index (χ0) is 8.81. The van der Waals surface area contributed by atoms with E-state index in [2.05, 4.69) is 17.3 Å². The van der Waals surface area contributed by atoms with Crippen LogP contribution in [0.3, 0.4) is 0 Å². The van der Waals surface area contributed by atoms with Gasteiger partial charge in [0.05, 0.1) is 6.67 Å². The van der Waals surface area contributed by atoms with E-state index in [0.29, 0.717) is 12.5 Å². The number of hydrogen-bond acceptors (Lipinski definition) is 2. The Kier molecular flexibility index (Phi) is 4.54. The van der Waals surface area contributed by atoms with E-state index >= 15 is 0 Å². The van der Waals surface area contributed by atoms with Crippen molar-refractivity contribution in [2.24, 2.45) is 0 Å². The van der Waals surface area contributed by atoms with Crippen LogP contribution in [0.2, 0.25) is 0 Å². The van der Waals surface area contributed by atoms with E-state index in [1.165, 1.54) is 12.8 Å². The molecule has 3 heteroatoms. The van der Waals surface area contributed by atoms with E-state index in [0.717, 1.165) is 19.6 Å². The second-order valence-corrected chi connectivity index (χ2v) is 3.60. The summed E-state index contributed by atoms with van der Waals surface area (Å²) < 4.78 is 11.8. The molecule has 0 amide bonds. The van der Waals surface area contributed by atoms with Gasteiger partial charge in [-0.25, -0.2) is 0 Å². The Morgan fingerprint density at radius 1 is 1.58 bits per heavy atom. The lowest BCUT2D eigenvalue weighted by Gasteiger charge is -2.20. The Morgan fingerprint density at radius 2 is 2.42 bits per heavy atom. The SMILES string of the molecule is CN(CCCF)CC1CCCN1. The van der Waals surface area contributed by atoms with Gasteiger partial charge < -0.3 is 10.2 Å². The number of halogens is 1. The highest BCUT2D eigenvalue weighted by Crippen LogP contribution is 2.05. The normalized spacial score (nSPS) is 23.8. The zero-order valence-electron chi connectivity index (χ0n) is 7.85. The molecule has 0 aliphatic carbocycles. The van der Waals surface area contributed by atoms with Crippen LogP contribution in [-0.4, -0.2) is 44.3 Å². The summed E-state index contributed by atoms with van der Waals surface area (Å²) in [5.74, 6) is 0. The summed E-state index contributed by atoms with van der Waals surface area (Å²) in [6, 6.07) is 0.648. The number of alkyl halides is 1. The Morgan fingerprint density at radius 3 is 3.00 bits per heavy atom. The van der Waals surface area contributed by atoms with E-state index in [9.17, 15) is 4.39 Å². The highest BCUT2D eigenvalue weighted by atomic mass is 19.1. The highest BCUT2D eigenvalue weighted by Gasteiger charge is 2.15. The van der Waals surface area contributed by atoms with Crippen molar-refractivity contribution in [3.63, 3.8) is 0 Å². The van der Waals surface area contributed by atoms with Crippen molar-refractivity contribution >= 4 is 0 Å². The molecule has 0 spiro atoms. The molecule has 72 valence electrons. The molecule has 1 fully saturated rings. The number of nitrogens with one attached hydrogen (secondary N) is 1. The first-order chi connectivity index (χ1) is 5.83. The van der Waals surface area contributed by atoms with Crippen LogP contribution in [0.25, 0.3) is 0 Å². The summed E-state index contributed by atoms with van der Waals surface area (Å²) in [4.78, 5) is 2.21. The Hall–Kier alpha value is -0.150. The van der Waals surface area contributed by atoms with Crippen LogP contribution >= 0.6 is 0 Å².